The van der Waals surface area contributed by atoms with Gasteiger partial charge in [-0.1, -0.05) is 54.6 Å². The Bertz CT molecular complexity index is 515. The average molecular weight is 268 g/mol. The Labute approximate surface area is 119 Å². The zero-order chi connectivity index (χ0) is 13.9. The summed E-state index contributed by atoms with van der Waals surface area (Å²) in [6.07, 6.45) is 9.14. The van der Waals surface area contributed by atoms with Crippen LogP contribution >= 0.6 is 0 Å². The fourth-order valence-electron chi connectivity index (χ4n) is 3.04. The molecule has 1 aromatic rings. The highest BCUT2D eigenvalue weighted by Crippen LogP contribution is 2.28. The topological polar surface area (TPSA) is 46.3 Å². The molecule has 3 atom stereocenters. The summed E-state index contributed by atoms with van der Waals surface area (Å²) < 4.78 is 0. The predicted octanol–water partition coefficient (Wildman–Crippen LogP) is 1.76. The van der Waals surface area contributed by atoms with Crippen molar-refractivity contribution in [3.63, 3.8) is 0 Å². The van der Waals surface area contributed by atoms with Gasteiger partial charge in [0.25, 0.3) is 0 Å². The van der Waals surface area contributed by atoms with Crippen LogP contribution in [0.15, 0.2) is 54.6 Å². The van der Waals surface area contributed by atoms with Gasteiger partial charge in [-0.15, -0.1) is 0 Å². The van der Waals surface area contributed by atoms with Crippen LogP contribution < -0.4 is 5.73 Å². The van der Waals surface area contributed by atoms with Gasteiger partial charge in [-0.05, 0) is 12.0 Å². The highest BCUT2D eigenvalue weighted by molar-refractivity contribution is 5.82. The zero-order valence-electron chi connectivity index (χ0n) is 11.5. The van der Waals surface area contributed by atoms with Gasteiger partial charge in [0.15, 0.2) is 0 Å². The highest BCUT2D eigenvalue weighted by atomic mass is 16.2. The zero-order valence-corrected chi connectivity index (χ0v) is 11.5. The lowest BCUT2D eigenvalue weighted by molar-refractivity contribution is -0.131. The van der Waals surface area contributed by atoms with Gasteiger partial charge >= 0.3 is 0 Å². The second-order valence-electron chi connectivity index (χ2n) is 5.64. The molecular weight excluding hydrogens is 248 g/mol. The summed E-state index contributed by atoms with van der Waals surface area (Å²) in [6.45, 7) is 1.60. The van der Waals surface area contributed by atoms with Crippen LogP contribution in [0, 0.1) is 11.8 Å². The van der Waals surface area contributed by atoms with Crippen LogP contribution in [0.4, 0.5) is 0 Å². The number of likely N-dealkylation sites (tertiary alicyclic amines) is 1. The number of fused-ring (bicyclic) bond motifs is 1. The smallest absolute Gasteiger partial charge is 0.239 e. The van der Waals surface area contributed by atoms with Crippen molar-refractivity contribution in [1.82, 2.24) is 4.90 Å². The lowest BCUT2D eigenvalue weighted by atomic mass is 9.92. The molecule has 1 amide bonds. The second kappa shape index (κ2) is 5.63. The van der Waals surface area contributed by atoms with Crippen molar-refractivity contribution in [2.24, 2.45) is 17.6 Å². The number of nitrogens with two attached hydrogens (primary N) is 1. The van der Waals surface area contributed by atoms with Crippen LogP contribution in [-0.4, -0.2) is 29.9 Å². The van der Waals surface area contributed by atoms with Crippen molar-refractivity contribution in [2.45, 2.75) is 12.5 Å². The van der Waals surface area contributed by atoms with E-state index in [1.165, 1.54) is 0 Å². The van der Waals surface area contributed by atoms with E-state index in [-0.39, 0.29) is 5.91 Å². The lowest BCUT2D eigenvalue weighted by Gasteiger charge is -2.20. The number of rotatable bonds is 3. The van der Waals surface area contributed by atoms with Gasteiger partial charge in [0, 0.05) is 24.9 Å². The molecule has 1 fully saturated rings. The highest BCUT2D eigenvalue weighted by Gasteiger charge is 2.34. The molecule has 104 valence electrons. The molecule has 0 aromatic heterocycles. The van der Waals surface area contributed by atoms with Gasteiger partial charge in [0.2, 0.25) is 5.91 Å². The molecule has 3 heteroatoms. The summed E-state index contributed by atoms with van der Waals surface area (Å²) in [4.78, 5) is 14.4. The number of hydrogen-bond donors (Lipinski definition) is 1. The Balaban J connectivity index is 1.62. The van der Waals surface area contributed by atoms with E-state index in [0.717, 1.165) is 18.7 Å². The third-order valence-electron chi connectivity index (χ3n) is 4.17. The minimum absolute atomic E-state index is 0.0741. The van der Waals surface area contributed by atoms with Gasteiger partial charge in [-0.3, -0.25) is 4.79 Å². The number of hydrogen-bond acceptors (Lipinski definition) is 2. The molecule has 1 aliphatic heterocycles. The van der Waals surface area contributed by atoms with Crippen LogP contribution in [0.25, 0.3) is 0 Å². The van der Waals surface area contributed by atoms with Crippen molar-refractivity contribution >= 4 is 5.91 Å². The Hall–Kier alpha value is -1.87. The molecule has 0 radical (unpaired) electrons. The Kier molecular flexibility index (Phi) is 3.70. The molecule has 0 saturated carbocycles. The first-order valence-electron chi connectivity index (χ1n) is 7.17. The molecule has 2 N–H and O–H groups in total. The van der Waals surface area contributed by atoms with E-state index < -0.39 is 6.04 Å². The number of carbonyl (C=O) groups is 1. The third-order valence-corrected chi connectivity index (χ3v) is 4.17. The van der Waals surface area contributed by atoms with Crippen molar-refractivity contribution in [3.05, 3.63) is 60.2 Å². The van der Waals surface area contributed by atoms with E-state index in [1.807, 2.05) is 35.2 Å². The van der Waals surface area contributed by atoms with Crippen LogP contribution in [0.3, 0.4) is 0 Å². The number of allylic oxidation sites excluding steroid dienone is 2. The van der Waals surface area contributed by atoms with E-state index in [9.17, 15) is 4.79 Å². The number of benzene rings is 1. The lowest BCUT2D eigenvalue weighted by Crippen LogP contribution is -2.44. The van der Waals surface area contributed by atoms with E-state index in [1.54, 1.807) is 0 Å². The molecule has 3 nitrogen and oxygen atoms in total. The maximum Gasteiger partial charge on any atom is 0.239 e. The predicted molar refractivity (Wildman–Crippen MR) is 80.0 cm³/mol. The molecule has 0 spiro atoms. The first-order chi connectivity index (χ1) is 9.74. The number of nitrogens with zero attached hydrogens (tertiary/aromatic N) is 1. The Morgan fingerprint density at radius 3 is 2.35 bits per heavy atom. The molecule has 2 unspecified atom stereocenters. The molecular formula is C17H20N2O. The molecule has 1 heterocycles. The summed E-state index contributed by atoms with van der Waals surface area (Å²) in [5, 5.41) is 0. The summed E-state index contributed by atoms with van der Waals surface area (Å²) >= 11 is 0. The van der Waals surface area contributed by atoms with Crippen LogP contribution in [0.1, 0.15) is 5.56 Å². The summed E-state index contributed by atoms with van der Waals surface area (Å²) in [5.74, 6) is 1.01. The van der Waals surface area contributed by atoms with Crippen molar-refractivity contribution in [1.29, 1.82) is 0 Å². The van der Waals surface area contributed by atoms with Crippen LogP contribution in [0.2, 0.25) is 0 Å². The quantitative estimate of drug-likeness (QED) is 0.908. The van der Waals surface area contributed by atoms with Gasteiger partial charge in [0.05, 0.1) is 6.04 Å². The second-order valence-corrected chi connectivity index (χ2v) is 5.64. The SMILES string of the molecule is N[C@@H](Cc1ccccc1)C(=O)N1CC2C=CC=CC2C1. The van der Waals surface area contributed by atoms with Crippen molar-refractivity contribution in [3.8, 4) is 0 Å². The summed E-state index contributed by atoms with van der Waals surface area (Å²) in [7, 11) is 0. The van der Waals surface area contributed by atoms with Crippen molar-refractivity contribution in [2.75, 3.05) is 13.1 Å². The maximum atomic E-state index is 12.4. The maximum absolute atomic E-state index is 12.4. The van der Waals surface area contributed by atoms with Gasteiger partial charge in [-0.25, -0.2) is 0 Å². The van der Waals surface area contributed by atoms with Crippen LogP contribution in [-0.2, 0) is 11.2 Å². The molecule has 20 heavy (non-hydrogen) atoms. The van der Waals surface area contributed by atoms with E-state index >= 15 is 0 Å². The largest absolute Gasteiger partial charge is 0.340 e. The van der Waals surface area contributed by atoms with E-state index in [2.05, 4.69) is 24.3 Å². The summed E-state index contributed by atoms with van der Waals surface area (Å²) in [6, 6.07) is 9.52. The molecule has 2 aliphatic rings. The minimum Gasteiger partial charge on any atom is -0.340 e. The number of amides is 1. The molecule has 0 bridgehead atoms. The Morgan fingerprint density at radius 1 is 1.15 bits per heavy atom. The van der Waals surface area contributed by atoms with E-state index in [0.29, 0.717) is 18.3 Å². The normalized spacial score (nSPS) is 25.6. The fourth-order valence-corrected chi connectivity index (χ4v) is 3.04. The van der Waals surface area contributed by atoms with Gasteiger partial charge in [-0.2, -0.15) is 0 Å². The average Bonchev–Trinajstić information content (AvgIpc) is 2.91. The summed E-state index contributed by atoms with van der Waals surface area (Å²) in [5.41, 5.74) is 7.21. The molecule has 1 saturated heterocycles. The minimum atomic E-state index is -0.439. The van der Waals surface area contributed by atoms with Crippen LogP contribution in [0.5, 0.6) is 0 Å². The monoisotopic (exact) mass is 268 g/mol. The first kappa shape index (κ1) is 13.1. The van der Waals surface area contributed by atoms with Gasteiger partial charge in [0.1, 0.15) is 0 Å². The third kappa shape index (κ3) is 2.68. The number of carbonyl (C=O) groups excluding carboxylic acids is 1. The fraction of sp³-hybridized carbons (Fsp3) is 0.353. The first-order valence-corrected chi connectivity index (χ1v) is 7.17. The molecule has 1 aliphatic carbocycles. The molecule has 1 aromatic carbocycles. The van der Waals surface area contributed by atoms with Crippen molar-refractivity contribution < 1.29 is 4.79 Å². The van der Waals surface area contributed by atoms with E-state index in [4.69, 9.17) is 5.73 Å². The Morgan fingerprint density at radius 2 is 1.75 bits per heavy atom. The standard InChI is InChI=1S/C17H20N2O/c18-16(10-13-6-2-1-3-7-13)17(20)19-11-14-8-4-5-9-15(14)12-19/h1-9,14-16H,10-12,18H2/t14?,15?,16-/m0/s1. The van der Waals surface area contributed by atoms with Gasteiger partial charge < -0.3 is 10.6 Å². The molecule has 3 rings (SSSR count).